The van der Waals surface area contributed by atoms with Gasteiger partial charge in [0.2, 0.25) is 0 Å². The number of hydrogen-bond acceptors (Lipinski definition) is 4. The maximum Gasteiger partial charge on any atom is 0.120 e. The van der Waals surface area contributed by atoms with Gasteiger partial charge in [-0.15, -0.1) is 0 Å². The van der Waals surface area contributed by atoms with Crippen molar-refractivity contribution < 1.29 is 4.74 Å². The van der Waals surface area contributed by atoms with E-state index in [1.165, 1.54) is 16.7 Å². The van der Waals surface area contributed by atoms with E-state index >= 15 is 0 Å². The number of aliphatic imine (C=N–C) groups is 1. The molecule has 1 atom stereocenters. The largest absolute Gasteiger partial charge is 0.383 e. The van der Waals surface area contributed by atoms with Gasteiger partial charge in [0.05, 0.1) is 12.3 Å². The summed E-state index contributed by atoms with van der Waals surface area (Å²) in [5.41, 5.74) is 6.02. The summed E-state index contributed by atoms with van der Waals surface area (Å²) in [6.45, 7) is 11.7. The van der Waals surface area contributed by atoms with Crippen molar-refractivity contribution >= 4 is 17.4 Å². The molecule has 0 bridgehead atoms. The minimum atomic E-state index is 0.356. The van der Waals surface area contributed by atoms with Crippen molar-refractivity contribution in [1.82, 2.24) is 14.7 Å². The molecule has 0 spiro atoms. The molecule has 1 saturated carbocycles. The third-order valence-electron chi connectivity index (χ3n) is 6.89. The van der Waals surface area contributed by atoms with Crippen LogP contribution in [0.3, 0.4) is 0 Å². The van der Waals surface area contributed by atoms with Crippen molar-refractivity contribution in [2.24, 2.45) is 10.9 Å². The summed E-state index contributed by atoms with van der Waals surface area (Å²) in [5, 5.41) is 8.60. The molecule has 1 unspecified atom stereocenters. The second-order valence-corrected chi connectivity index (χ2v) is 10.1. The third-order valence-corrected chi connectivity index (χ3v) is 6.89. The SMILES string of the molecule is C=C/C(=C\C(=N)N(C)CCCN(C)C)C1CC/C(=C(/N=C(C)N(C)CCOC)c2cccc(C)c2)C1. The Labute approximate surface area is 219 Å². The molecule has 2 rings (SSSR count). The lowest BCUT2D eigenvalue weighted by Crippen LogP contribution is -2.28. The highest BCUT2D eigenvalue weighted by Crippen LogP contribution is 2.40. The van der Waals surface area contributed by atoms with E-state index in [0.29, 0.717) is 18.4 Å². The van der Waals surface area contributed by atoms with E-state index < -0.39 is 0 Å². The van der Waals surface area contributed by atoms with Crippen LogP contribution in [0, 0.1) is 18.3 Å². The van der Waals surface area contributed by atoms with Crippen molar-refractivity contribution in [2.75, 3.05) is 61.5 Å². The lowest BCUT2D eigenvalue weighted by atomic mass is 9.95. The second kappa shape index (κ2) is 14.8. The van der Waals surface area contributed by atoms with Gasteiger partial charge in [-0.25, -0.2) is 4.99 Å². The lowest BCUT2D eigenvalue weighted by molar-refractivity contribution is 0.182. The summed E-state index contributed by atoms with van der Waals surface area (Å²) < 4.78 is 5.25. The summed E-state index contributed by atoms with van der Waals surface area (Å²) >= 11 is 0. The number of hydrogen-bond donors (Lipinski definition) is 1. The Hall–Kier alpha value is -2.70. The second-order valence-electron chi connectivity index (χ2n) is 10.1. The van der Waals surface area contributed by atoms with Crippen LogP contribution in [0.25, 0.3) is 5.70 Å². The van der Waals surface area contributed by atoms with Gasteiger partial charge in [-0.2, -0.15) is 0 Å². The van der Waals surface area contributed by atoms with E-state index in [1.807, 2.05) is 24.1 Å². The van der Waals surface area contributed by atoms with Crippen molar-refractivity contribution in [1.29, 1.82) is 5.41 Å². The van der Waals surface area contributed by atoms with Gasteiger partial charge < -0.3 is 19.4 Å². The van der Waals surface area contributed by atoms with Crippen LogP contribution in [0.5, 0.6) is 0 Å². The Morgan fingerprint density at radius 1 is 1.17 bits per heavy atom. The highest BCUT2D eigenvalue weighted by atomic mass is 16.5. The average Bonchev–Trinajstić information content (AvgIpc) is 3.33. The number of amidine groups is 2. The van der Waals surface area contributed by atoms with E-state index in [2.05, 4.69) is 75.6 Å². The molecule has 0 saturated heterocycles. The summed E-state index contributed by atoms with van der Waals surface area (Å²) in [4.78, 5) is 11.5. The molecule has 1 aliphatic carbocycles. The quantitative estimate of drug-likeness (QED) is 0.238. The molecule has 0 aromatic heterocycles. The molecule has 6 heteroatoms. The van der Waals surface area contributed by atoms with Crippen LogP contribution < -0.4 is 0 Å². The van der Waals surface area contributed by atoms with Gasteiger partial charge in [-0.3, -0.25) is 5.41 Å². The van der Waals surface area contributed by atoms with Gasteiger partial charge in [0.15, 0.2) is 0 Å². The Balaban J connectivity index is 2.29. The van der Waals surface area contributed by atoms with Crippen LogP contribution in [0.1, 0.15) is 43.7 Å². The fourth-order valence-corrected chi connectivity index (χ4v) is 4.48. The Morgan fingerprint density at radius 2 is 1.92 bits per heavy atom. The molecule has 1 aromatic rings. The van der Waals surface area contributed by atoms with Crippen LogP contribution in [-0.2, 0) is 4.74 Å². The topological polar surface area (TPSA) is 55.2 Å². The number of aryl methyl sites for hydroxylation is 1. The first-order valence-electron chi connectivity index (χ1n) is 13.0. The van der Waals surface area contributed by atoms with Crippen molar-refractivity contribution in [3.8, 4) is 0 Å². The van der Waals surface area contributed by atoms with Crippen LogP contribution in [0.15, 0.2) is 59.1 Å². The maximum atomic E-state index is 8.60. The highest BCUT2D eigenvalue weighted by Gasteiger charge is 2.25. The summed E-state index contributed by atoms with van der Waals surface area (Å²) in [7, 11) is 9.96. The van der Waals surface area contributed by atoms with Gasteiger partial charge in [0, 0.05) is 39.9 Å². The number of nitrogens with zero attached hydrogens (tertiary/aromatic N) is 4. The molecule has 1 aromatic carbocycles. The van der Waals surface area contributed by atoms with Gasteiger partial charge >= 0.3 is 0 Å². The number of nitrogens with one attached hydrogen (secondary N) is 1. The zero-order valence-corrected chi connectivity index (χ0v) is 23.6. The van der Waals surface area contributed by atoms with E-state index in [9.17, 15) is 0 Å². The minimum Gasteiger partial charge on any atom is -0.383 e. The Kier molecular flexibility index (Phi) is 12.1. The fraction of sp³-hybridized carbons (Fsp3) is 0.533. The molecule has 0 amide bonds. The molecule has 1 N–H and O–H groups in total. The first kappa shape index (κ1) is 29.5. The number of methoxy groups -OCH3 is 1. The van der Waals surface area contributed by atoms with Gasteiger partial charge in [0.25, 0.3) is 0 Å². The number of allylic oxidation sites excluding steroid dienone is 3. The highest BCUT2D eigenvalue weighted by molar-refractivity contribution is 5.91. The minimum absolute atomic E-state index is 0.356. The molecule has 36 heavy (non-hydrogen) atoms. The van der Waals surface area contributed by atoms with Gasteiger partial charge in [-0.1, -0.05) is 36.4 Å². The fourth-order valence-electron chi connectivity index (χ4n) is 4.48. The normalized spacial score (nSPS) is 17.9. The van der Waals surface area contributed by atoms with E-state index in [4.69, 9.17) is 15.1 Å². The monoisotopic (exact) mass is 493 g/mol. The molecule has 0 heterocycles. The van der Waals surface area contributed by atoms with Gasteiger partial charge in [-0.05, 0) is 89.4 Å². The molecule has 6 nitrogen and oxygen atoms in total. The third kappa shape index (κ3) is 9.07. The number of benzene rings is 1. The molecule has 1 fully saturated rings. The zero-order valence-electron chi connectivity index (χ0n) is 23.6. The Bertz CT molecular complexity index is 975. The first-order valence-corrected chi connectivity index (χ1v) is 13.0. The molecule has 0 aliphatic heterocycles. The number of rotatable bonds is 12. The molecular formula is C30H47N5O. The predicted octanol–water partition coefficient (Wildman–Crippen LogP) is 5.48. The number of ether oxygens (including phenoxy) is 1. The maximum absolute atomic E-state index is 8.60. The summed E-state index contributed by atoms with van der Waals surface area (Å²) in [6, 6.07) is 8.63. The van der Waals surface area contributed by atoms with E-state index in [-0.39, 0.29) is 0 Å². The predicted molar refractivity (Wildman–Crippen MR) is 155 cm³/mol. The molecule has 0 radical (unpaired) electrons. The number of likely N-dealkylation sites (N-methyl/N-ethyl adjacent to an activating group) is 2. The van der Waals surface area contributed by atoms with Crippen molar-refractivity contribution in [3.63, 3.8) is 0 Å². The zero-order chi connectivity index (χ0) is 26.7. The van der Waals surface area contributed by atoms with Gasteiger partial charge in [0.1, 0.15) is 11.7 Å². The first-order chi connectivity index (χ1) is 17.2. The standard InChI is InChI=1S/C30H47N5O/c1-9-25(22-29(31)35(7)17-11-16-33(4)5)26-14-15-28(21-26)30(27-13-10-12-23(2)20-27)32-24(3)34(6)18-19-36-8/h9-10,12-13,20,22,26,31H,1,11,14-19,21H2,2-8H3/b25-22+,30-28-,31-29?,32-24?. The molecule has 1 aliphatic rings. The van der Waals surface area contributed by atoms with Crippen LogP contribution in [0.4, 0.5) is 0 Å². The van der Waals surface area contributed by atoms with Crippen LogP contribution in [0.2, 0.25) is 0 Å². The average molecular weight is 494 g/mol. The van der Waals surface area contributed by atoms with Crippen molar-refractivity contribution in [2.45, 2.75) is 39.5 Å². The lowest BCUT2D eigenvalue weighted by Gasteiger charge is -2.21. The van der Waals surface area contributed by atoms with E-state index in [0.717, 1.165) is 62.4 Å². The van der Waals surface area contributed by atoms with E-state index in [1.54, 1.807) is 7.11 Å². The molecule has 198 valence electrons. The van der Waals surface area contributed by atoms with Crippen LogP contribution >= 0.6 is 0 Å². The smallest absolute Gasteiger partial charge is 0.120 e. The van der Waals surface area contributed by atoms with Crippen LogP contribution in [-0.4, -0.2) is 87.9 Å². The molecular weight excluding hydrogens is 446 g/mol. The van der Waals surface area contributed by atoms with Crippen molar-refractivity contribution in [3.05, 3.63) is 65.3 Å². The summed E-state index contributed by atoms with van der Waals surface area (Å²) in [5.74, 6) is 1.89. The Morgan fingerprint density at radius 3 is 2.56 bits per heavy atom. The summed E-state index contributed by atoms with van der Waals surface area (Å²) in [6.07, 6.45) is 7.98.